The maximum absolute atomic E-state index is 12.5. The lowest BCUT2D eigenvalue weighted by Crippen LogP contribution is -2.49. The third kappa shape index (κ3) is 3.18. The van der Waals surface area contributed by atoms with Crippen molar-refractivity contribution in [3.8, 4) is 5.75 Å². The van der Waals surface area contributed by atoms with Gasteiger partial charge in [-0.15, -0.1) is 11.8 Å². The predicted octanol–water partition coefficient (Wildman–Crippen LogP) is 1.46. The molecule has 8 heteroatoms. The van der Waals surface area contributed by atoms with Crippen molar-refractivity contribution in [3.05, 3.63) is 29.3 Å². The number of amides is 2. The second-order valence-corrected chi connectivity index (χ2v) is 7.82. The Kier molecular flexibility index (Phi) is 4.64. The highest BCUT2D eigenvalue weighted by Gasteiger charge is 2.52. The van der Waals surface area contributed by atoms with Crippen molar-refractivity contribution in [1.82, 2.24) is 10.2 Å². The minimum atomic E-state index is -1.09. The molecular weight excluding hydrogens is 344 g/mol. The lowest BCUT2D eigenvalue weighted by molar-refractivity contribution is -0.138. The molecule has 0 unspecified atom stereocenters. The molecular formula is C17H20N2O5S. The molecule has 2 amide bonds. The number of aromatic carboxylic acids is 1. The fourth-order valence-corrected chi connectivity index (χ4v) is 4.79. The maximum atomic E-state index is 12.5. The van der Waals surface area contributed by atoms with Crippen LogP contribution >= 0.6 is 11.8 Å². The lowest BCUT2D eigenvalue weighted by Gasteiger charge is -2.29. The van der Waals surface area contributed by atoms with E-state index in [-0.39, 0.29) is 34.5 Å². The Bertz CT molecular complexity index is 738. The van der Waals surface area contributed by atoms with Crippen molar-refractivity contribution in [1.29, 1.82) is 0 Å². The van der Waals surface area contributed by atoms with Crippen LogP contribution in [-0.2, 0) is 16.1 Å². The summed E-state index contributed by atoms with van der Waals surface area (Å²) < 4.78 is 5.02. The zero-order chi connectivity index (χ0) is 18.2. The van der Waals surface area contributed by atoms with Gasteiger partial charge in [-0.05, 0) is 31.0 Å². The fraction of sp³-hybridized carbons (Fsp3) is 0.471. The summed E-state index contributed by atoms with van der Waals surface area (Å²) in [6, 6.07) is 4.29. The number of carbonyl (C=O) groups excluding carboxylic acids is 2. The quantitative estimate of drug-likeness (QED) is 0.821. The van der Waals surface area contributed by atoms with Gasteiger partial charge in [-0.3, -0.25) is 9.59 Å². The molecule has 0 saturated carbocycles. The average Bonchev–Trinajstić information content (AvgIpc) is 3.08. The van der Waals surface area contributed by atoms with E-state index in [1.165, 1.54) is 13.2 Å². The van der Waals surface area contributed by atoms with Crippen LogP contribution in [0.2, 0.25) is 0 Å². The Morgan fingerprint density at radius 1 is 1.48 bits per heavy atom. The normalized spacial score (nSPS) is 25.0. The average molecular weight is 364 g/mol. The summed E-state index contributed by atoms with van der Waals surface area (Å²) in [5.74, 6) is -0.426. The molecule has 7 nitrogen and oxygen atoms in total. The monoisotopic (exact) mass is 364 g/mol. The first kappa shape index (κ1) is 17.6. The second kappa shape index (κ2) is 6.59. The van der Waals surface area contributed by atoms with Crippen molar-refractivity contribution in [2.75, 3.05) is 12.9 Å². The molecule has 2 N–H and O–H groups in total. The van der Waals surface area contributed by atoms with Gasteiger partial charge in [0.05, 0.1) is 12.0 Å². The largest absolute Gasteiger partial charge is 0.496 e. The van der Waals surface area contributed by atoms with Gasteiger partial charge in [-0.25, -0.2) is 4.79 Å². The van der Waals surface area contributed by atoms with E-state index in [4.69, 9.17) is 4.74 Å². The van der Waals surface area contributed by atoms with Gasteiger partial charge in [0.15, 0.2) is 0 Å². The molecule has 134 valence electrons. The Balaban J connectivity index is 1.68. The molecule has 2 heterocycles. The third-order valence-electron chi connectivity index (χ3n) is 4.71. The van der Waals surface area contributed by atoms with Gasteiger partial charge < -0.3 is 20.1 Å². The first-order chi connectivity index (χ1) is 11.9. The van der Waals surface area contributed by atoms with Crippen LogP contribution in [0.3, 0.4) is 0 Å². The van der Waals surface area contributed by atoms with Crippen molar-refractivity contribution < 1.29 is 24.2 Å². The number of nitrogens with one attached hydrogen (secondary N) is 1. The van der Waals surface area contributed by atoms with E-state index in [0.717, 1.165) is 6.42 Å². The summed E-state index contributed by atoms with van der Waals surface area (Å²) in [4.78, 5) is 37.3. The number of nitrogens with zero attached hydrogens (tertiary/aromatic N) is 1. The number of ether oxygens (including phenoxy) is 1. The van der Waals surface area contributed by atoms with Gasteiger partial charge in [-0.1, -0.05) is 6.07 Å². The van der Waals surface area contributed by atoms with Crippen LogP contribution in [0.15, 0.2) is 18.2 Å². The molecule has 0 radical (unpaired) electrons. The molecule has 2 aliphatic rings. The molecule has 2 fully saturated rings. The summed E-state index contributed by atoms with van der Waals surface area (Å²) in [6.07, 6.45) is 1.24. The molecule has 0 aromatic heterocycles. The Morgan fingerprint density at radius 3 is 2.92 bits per heavy atom. The molecule has 25 heavy (non-hydrogen) atoms. The first-order valence-corrected chi connectivity index (χ1v) is 8.98. The van der Waals surface area contributed by atoms with Gasteiger partial charge in [0.1, 0.15) is 17.4 Å². The number of fused-ring (bicyclic) bond motifs is 1. The summed E-state index contributed by atoms with van der Waals surface area (Å²) in [6.45, 7) is 2.20. The van der Waals surface area contributed by atoms with E-state index >= 15 is 0 Å². The third-order valence-corrected chi connectivity index (χ3v) is 6.21. The molecule has 0 bridgehead atoms. The van der Waals surface area contributed by atoms with Crippen LogP contribution in [0.4, 0.5) is 0 Å². The van der Waals surface area contributed by atoms with Crippen molar-refractivity contribution in [2.45, 2.75) is 37.2 Å². The molecule has 0 aliphatic carbocycles. The number of rotatable bonds is 5. The number of carbonyl (C=O) groups is 3. The summed E-state index contributed by atoms with van der Waals surface area (Å²) in [5.41, 5.74) is 0.709. The molecule has 1 aromatic rings. The number of benzene rings is 1. The standard InChI is InChI=1S/C17H20N2O5S/c1-17-6-5-14(20)19(17)12(9-25-17)15(21)18-8-10-3-4-13(24-2)11(7-10)16(22)23/h3-4,7,12H,5-6,8-9H2,1-2H3,(H,18,21)(H,22,23)/t12-,17-/m1/s1. The van der Waals surface area contributed by atoms with Gasteiger partial charge in [0.25, 0.3) is 0 Å². The maximum Gasteiger partial charge on any atom is 0.339 e. The zero-order valence-corrected chi connectivity index (χ0v) is 14.9. The van der Waals surface area contributed by atoms with Crippen LogP contribution in [0.25, 0.3) is 0 Å². The first-order valence-electron chi connectivity index (χ1n) is 8.00. The number of hydrogen-bond acceptors (Lipinski definition) is 5. The van der Waals surface area contributed by atoms with Gasteiger partial charge >= 0.3 is 5.97 Å². The SMILES string of the molecule is COc1ccc(CNC(=O)[C@H]2CS[C@]3(C)CCC(=O)N23)cc1C(=O)O. The number of carboxylic acids is 1. The van der Waals surface area contributed by atoms with E-state index in [1.807, 2.05) is 6.92 Å². The summed E-state index contributed by atoms with van der Waals surface area (Å²) in [5, 5.41) is 12.0. The number of thioether (sulfide) groups is 1. The molecule has 0 spiro atoms. The minimum Gasteiger partial charge on any atom is -0.496 e. The Hall–Kier alpha value is -2.22. The Labute approximate surface area is 149 Å². The van der Waals surface area contributed by atoms with E-state index in [0.29, 0.717) is 17.7 Å². The number of carboxylic acid groups (broad SMARTS) is 1. The van der Waals surface area contributed by atoms with Crippen LogP contribution in [0, 0.1) is 0 Å². The van der Waals surface area contributed by atoms with Gasteiger partial charge in [0, 0.05) is 18.7 Å². The summed E-state index contributed by atoms with van der Waals surface area (Å²) in [7, 11) is 1.41. The fourth-order valence-electron chi connectivity index (χ4n) is 3.35. The van der Waals surface area contributed by atoms with E-state index in [9.17, 15) is 19.5 Å². The van der Waals surface area contributed by atoms with Crippen LogP contribution in [0.1, 0.15) is 35.7 Å². The predicted molar refractivity (Wildman–Crippen MR) is 92.5 cm³/mol. The van der Waals surface area contributed by atoms with E-state index in [1.54, 1.807) is 28.8 Å². The smallest absolute Gasteiger partial charge is 0.339 e. The van der Waals surface area contributed by atoms with Gasteiger partial charge in [0.2, 0.25) is 11.8 Å². The van der Waals surface area contributed by atoms with Gasteiger partial charge in [-0.2, -0.15) is 0 Å². The second-order valence-electron chi connectivity index (χ2n) is 6.32. The number of hydrogen-bond donors (Lipinski definition) is 2. The van der Waals surface area contributed by atoms with Crippen LogP contribution in [-0.4, -0.2) is 51.6 Å². The topological polar surface area (TPSA) is 95.9 Å². The van der Waals surface area contributed by atoms with Crippen molar-refractivity contribution in [3.63, 3.8) is 0 Å². The minimum absolute atomic E-state index is 0.0188. The molecule has 3 rings (SSSR count). The van der Waals surface area contributed by atoms with Crippen LogP contribution < -0.4 is 10.1 Å². The highest BCUT2D eigenvalue weighted by atomic mass is 32.2. The van der Waals surface area contributed by atoms with Crippen molar-refractivity contribution in [2.24, 2.45) is 0 Å². The Morgan fingerprint density at radius 2 is 2.24 bits per heavy atom. The highest BCUT2D eigenvalue weighted by molar-refractivity contribution is 8.01. The van der Waals surface area contributed by atoms with Crippen LogP contribution in [0.5, 0.6) is 5.75 Å². The zero-order valence-electron chi connectivity index (χ0n) is 14.1. The molecule has 2 atom stereocenters. The number of methoxy groups -OCH3 is 1. The van der Waals surface area contributed by atoms with E-state index < -0.39 is 12.0 Å². The van der Waals surface area contributed by atoms with Crippen molar-refractivity contribution >= 4 is 29.5 Å². The lowest BCUT2D eigenvalue weighted by atomic mass is 10.1. The molecule has 2 saturated heterocycles. The molecule has 2 aliphatic heterocycles. The van der Waals surface area contributed by atoms with E-state index in [2.05, 4.69) is 5.32 Å². The molecule has 1 aromatic carbocycles. The highest BCUT2D eigenvalue weighted by Crippen LogP contribution is 2.47. The summed E-state index contributed by atoms with van der Waals surface area (Å²) >= 11 is 1.64.